The van der Waals surface area contributed by atoms with Crippen LogP contribution < -0.4 is 19.7 Å². The molecule has 0 aliphatic carbocycles. The van der Waals surface area contributed by atoms with Gasteiger partial charge in [0, 0.05) is 49.1 Å². The molecule has 2 bridgehead atoms. The molecule has 9 nitrogen and oxygen atoms in total. The molecule has 0 saturated carbocycles. The molecule has 0 radical (unpaired) electrons. The van der Waals surface area contributed by atoms with E-state index in [0.29, 0.717) is 42.6 Å². The van der Waals surface area contributed by atoms with Crippen molar-refractivity contribution in [2.75, 3.05) is 44.3 Å². The van der Waals surface area contributed by atoms with E-state index in [1.54, 1.807) is 6.92 Å². The van der Waals surface area contributed by atoms with Crippen LogP contribution in [0.1, 0.15) is 39.0 Å². The Labute approximate surface area is 268 Å². The summed E-state index contributed by atoms with van der Waals surface area (Å²) in [4.78, 5) is 18.3. The van der Waals surface area contributed by atoms with Gasteiger partial charge >= 0.3 is 6.01 Å². The van der Waals surface area contributed by atoms with Gasteiger partial charge in [-0.25, -0.2) is 18.2 Å². The van der Waals surface area contributed by atoms with Crippen molar-refractivity contribution in [1.82, 2.24) is 25.2 Å². The lowest BCUT2D eigenvalue weighted by molar-refractivity contribution is 0.107. The molecular formula is C33H34ClF3N6O3. The molecule has 4 aromatic rings. The van der Waals surface area contributed by atoms with Crippen LogP contribution in [0.4, 0.5) is 19.0 Å². The number of aromatic nitrogens is 3. The van der Waals surface area contributed by atoms with Crippen LogP contribution >= 0.6 is 11.6 Å². The Bertz CT molecular complexity index is 1850. The molecular weight excluding hydrogens is 621 g/mol. The number of fused-ring (bicyclic) bond motifs is 5. The highest BCUT2D eigenvalue weighted by atomic mass is 35.5. The summed E-state index contributed by atoms with van der Waals surface area (Å²) in [6, 6.07) is 5.85. The van der Waals surface area contributed by atoms with Crippen molar-refractivity contribution in [3.8, 4) is 28.9 Å². The summed E-state index contributed by atoms with van der Waals surface area (Å²) in [5.74, 6) is -1.13. The first-order valence-electron chi connectivity index (χ1n) is 15.9. The van der Waals surface area contributed by atoms with Gasteiger partial charge in [-0.2, -0.15) is 9.97 Å². The molecule has 46 heavy (non-hydrogen) atoms. The topological polar surface area (TPSA) is 95.9 Å². The highest BCUT2D eigenvalue weighted by Gasteiger charge is 2.49. The van der Waals surface area contributed by atoms with Crippen LogP contribution in [0.25, 0.3) is 32.9 Å². The first-order chi connectivity index (χ1) is 22.2. The number of anilines is 1. The minimum absolute atomic E-state index is 0.0275. The first-order valence-corrected chi connectivity index (χ1v) is 16.3. The van der Waals surface area contributed by atoms with Gasteiger partial charge in [0.05, 0.1) is 17.2 Å². The van der Waals surface area contributed by atoms with Gasteiger partial charge in [0.2, 0.25) is 5.88 Å². The molecule has 8 rings (SSSR count). The Kier molecular flexibility index (Phi) is 7.30. The van der Waals surface area contributed by atoms with E-state index in [1.165, 1.54) is 24.3 Å². The van der Waals surface area contributed by atoms with Gasteiger partial charge in [-0.3, -0.25) is 4.90 Å². The van der Waals surface area contributed by atoms with Crippen molar-refractivity contribution < 1.29 is 27.8 Å². The van der Waals surface area contributed by atoms with Gasteiger partial charge in [-0.05, 0) is 62.7 Å². The Balaban J connectivity index is 1.32. The van der Waals surface area contributed by atoms with E-state index in [4.69, 9.17) is 26.1 Å². The summed E-state index contributed by atoms with van der Waals surface area (Å²) in [7, 11) is 0. The minimum Gasteiger partial charge on any atom is -0.508 e. The average molecular weight is 655 g/mol. The lowest BCUT2D eigenvalue weighted by Gasteiger charge is -2.35. The fourth-order valence-corrected chi connectivity index (χ4v) is 8.28. The van der Waals surface area contributed by atoms with Crippen molar-refractivity contribution in [2.45, 2.75) is 62.8 Å². The predicted molar refractivity (Wildman–Crippen MR) is 169 cm³/mol. The highest BCUT2D eigenvalue weighted by molar-refractivity contribution is 6.37. The number of ether oxygens (including phenoxy) is 2. The van der Waals surface area contributed by atoms with Gasteiger partial charge in [0.1, 0.15) is 46.8 Å². The normalized spacial score (nSPS) is 25.9. The van der Waals surface area contributed by atoms with Gasteiger partial charge in [-0.1, -0.05) is 17.7 Å². The SMILES string of the molecule is CCOc1nc(-c2cc(O)cc3ccc(F)c(Cl)c23)c(F)c2nc(OC[C@@]34CCCN3C[C@H](F)C4)nc(N3CC4CCC(C3)N4)c12. The standard InChI is InChI=1S/C33H34ClF3N6O3/c1-2-45-31-25-29(27(37)28(39-31)22-11-21(44)10-17-4-7-23(36)26(34)24(17)22)40-32(41-30(25)42-14-19-5-6-20(15-42)38-19)46-16-33-8-3-9-43(33)13-18(35)12-33/h4,7,10-11,18-20,38,44H,2-3,5-6,8-9,12-16H2,1H3/t18-,19?,20?,33+/m1/s1. The Morgan fingerprint density at radius 2 is 1.87 bits per heavy atom. The molecule has 6 heterocycles. The number of hydrogen-bond donors (Lipinski definition) is 2. The van der Waals surface area contributed by atoms with E-state index >= 15 is 4.39 Å². The second-order valence-electron chi connectivity index (χ2n) is 12.9. The van der Waals surface area contributed by atoms with E-state index < -0.39 is 23.3 Å². The smallest absolute Gasteiger partial charge is 0.319 e. The number of piperazine rings is 1. The number of alkyl halides is 1. The number of hydrogen-bond acceptors (Lipinski definition) is 9. The molecule has 4 fully saturated rings. The number of rotatable bonds is 7. The zero-order valence-electron chi connectivity index (χ0n) is 25.3. The third kappa shape index (κ3) is 4.87. The van der Waals surface area contributed by atoms with E-state index in [9.17, 15) is 13.9 Å². The number of pyridine rings is 1. The highest BCUT2D eigenvalue weighted by Crippen LogP contribution is 2.44. The van der Waals surface area contributed by atoms with Crippen LogP contribution in [-0.4, -0.2) is 88.1 Å². The minimum atomic E-state index is -0.929. The number of nitrogens with one attached hydrogen (secondary N) is 1. The third-order valence-corrected chi connectivity index (χ3v) is 10.4. The Hall–Kier alpha value is -3.61. The van der Waals surface area contributed by atoms with Crippen LogP contribution in [0.15, 0.2) is 24.3 Å². The Morgan fingerprint density at radius 3 is 2.65 bits per heavy atom. The second-order valence-corrected chi connectivity index (χ2v) is 13.3. The lowest BCUT2D eigenvalue weighted by atomic mass is 9.95. The largest absolute Gasteiger partial charge is 0.508 e. The summed E-state index contributed by atoms with van der Waals surface area (Å²) >= 11 is 6.42. The maximum atomic E-state index is 17.0. The third-order valence-electron chi connectivity index (χ3n) is 9.99. The van der Waals surface area contributed by atoms with E-state index in [-0.39, 0.29) is 70.1 Å². The van der Waals surface area contributed by atoms with Gasteiger partial charge in [0.25, 0.3) is 0 Å². The van der Waals surface area contributed by atoms with Gasteiger partial charge < -0.3 is 24.8 Å². The molecule has 2 N–H and O–H groups in total. The van der Waals surface area contributed by atoms with Crippen molar-refractivity contribution in [3.63, 3.8) is 0 Å². The van der Waals surface area contributed by atoms with Crippen molar-refractivity contribution in [3.05, 3.63) is 40.9 Å². The second kappa shape index (κ2) is 11.3. The molecule has 4 atom stereocenters. The van der Waals surface area contributed by atoms with E-state index in [1.807, 2.05) is 0 Å². The molecule has 0 amide bonds. The molecule has 2 aromatic carbocycles. The number of aromatic hydroxyl groups is 1. The molecule has 242 valence electrons. The number of phenolic OH excluding ortho intramolecular Hbond substituents is 1. The molecule has 2 unspecified atom stereocenters. The molecule has 13 heteroatoms. The van der Waals surface area contributed by atoms with Crippen LogP contribution in [0.2, 0.25) is 5.02 Å². The molecule has 4 saturated heterocycles. The number of benzene rings is 2. The van der Waals surface area contributed by atoms with E-state index in [0.717, 1.165) is 32.2 Å². The van der Waals surface area contributed by atoms with Crippen molar-refractivity contribution in [1.29, 1.82) is 0 Å². The monoisotopic (exact) mass is 654 g/mol. The summed E-state index contributed by atoms with van der Waals surface area (Å²) in [6.45, 7) is 4.65. The summed E-state index contributed by atoms with van der Waals surface area (Å²) < 4.78 is 58.5. The molecule has 0 spiro atoms. The molecule has 2 aromatic heterocycles. The van der Waals surface area contributed by atoms with Crippen LogP contribution in [0.5, 0.6) is 17.6 Å². The number of nitrogens with zero attached hydrogens (tertiary/aromatic N) is 5. The fraction of sp³-hybridized carbons (Fsp3) is 0.485. The van der Waals surface area contributed by atoms with Crippen LogP contribution in [0.3, 0.4) is 0 Å². The average Bonchev–Trinajstić information content (AvgIpc) is 3.68. The zero-order chi connectivity index (χ0) is 31.7. The summed E-state index contributed by atoms with van der Waals surface area (Å²) in [5, 5.41) is 14.9. The summed E-state index contributed by atoms with van der Waals surface area (Å²) in [5.41, 5.74) is -0.662. The molecule has 4 aliphatic rings. The maximum absolute atomic E-state index is 17.0. The van der Waals surface area contributed by atoms with Gasteiger partial charge in [0.15, 0.2) is 5.82 Å². The predicted octanol–water partition coefficient (Wildman–Crippen LogP) is 5.78. The summed E-state index contributed by atoms with van der Waals surface area (Å²) in [6.07, 6.45) is 3.23. The van der Waals surface area contributed by atoms with Crippen LogP contribution in [0, 0.1) is 11.6 Å². The quantitative estimate of drug-likeness (QED) is 0.257. The maximum Gasteiger partial charge on any atom is 0.319 e. The van der Waals surface area contributed by atoms with Gasteiger partial charge in [-0.15, -0.1) is 0 Å². The van der Waals surface area contributed by atoms with E-state index in [2.05, 4.69) is 25.1 Å². The lowest BCUT2D eigenvalue weighted by Crippen LogP contribution is -2.51. The fourth-order valence-electron chi connectivity index (χ4n) is 8.00. The van der Waals surface area contributed by atoms with Crippen molar-refractivity contribution in [2.24, 2.45) is 0 Å². The number of halogens is 4. The van der Waals surface area contributed by atoms with Crippen molar-refractivity contribution >= 4 is 39.1 Å². The first kappa shape index (κ1) is 29.8. The molecule has 4 aliphatic heterocycles. The van der Waals surface area contributed by atoms with Crippen LogP contribution in [-0.2, 0) is 0 Å². The number of phenols is 1. The zero-order valence-corrected chi connectivity index (χ0v) is 26.1. The Morgan fingerprint density at radius 1 is 1.07 bits per heavy atom.